The van der Waals surface area contributed by atoms with E-state index in [1.807, 2.05) is 32.0 Å². The smallest absolute Gasteiger partial charge is 0.374 e. The molecule has 3 nitrogen and oxygen atoms in total. The molecule has 0 atom stereocenters. The predicted octanol–water partition coefficient (Wildman–Crippen LogP) is 3.43. The van der Waals surface area contributed by atoms with Gasteiger partial charge in [0.25, 0.3) is 0 Å². The highest BCUT2D eigenvalue weighted by molar-refractivity contribution is 6.60. The summed E-state index contributed by atoms with van der Waals surface area (Å²) in [6.45, 7) is 5.72. The lowest BCUT2D eigenvalue weighted by Gasteiger charge is -2.29. The molecule has 1 rings (SSSR count). The Morgan fingerprint density at radius 1 is 1.00 bits per heavy atom. The van der Waals surface area contributed by atoms with Crippen molar-refractivity contribution in [3.8, 4) is 0 Å². The molecule has 1 aromatic carbocycles. The number of alkyl halides is 1. The van der Waals surface area contributed by atoms with Gasteiger partial charge in [-0.2, -0.15) is 0 Å². The van der Waals surface area contributed by atoms with E-state index < -0.39 is 8.80 Å². The van der Waals surface area contributed by atoms with Gasteiger partial charge in [0.2, 0.25) is 0 Å². The Kier molecular flexibility index (Phi) is 8.33. The molecule has 5 heteroatoms. The Morgan fingerprint density at radius 3 is 2.16 bits per heavy atom. The van der Waals surface area contributed by atoms with E-state index in [0.29, 0.717) is 31.7 Å². The second-order valence-corrected chi connectivity index (χ2v) is 7.07. The summed E-state index contributed by atoms with van der Waals surface area (Å²) in [5.41, 5.74) is 1.18. The van der Waals surface area contributed by atoms with Gasteiger partial charge in [0.1, 0.15) is 0 Å². The first kappa shape index (κ1) is 16.7. The van der Waals surface area contributed by atoms with E-state index in [4.69, 9.17) is 24.9 Å². The Bertz CT molecular complexity index is 329. The number of hydrogen-bond donors (Lipinski definition) is 0. The number of hydrogen-bond acceptors (Lipinski definition) is 3. The minimum absolute atomic E-state index is 0.586. The highest BCUT2D eigenvalue weighted by atomic mass is 35.5. The zero-order valence-corrected chi connectivity index (χ0v) is 13.5. The monoisotopic (exact) mass is 302 g/mol. The summed E-state index contributed by atoms with van der Waals surface area (Å²) in [5, 5.41) is 0. The molecule has 0 spiro atoms. The molecule has 0 unspecified atom stereocenters. The van der Waals surface area contributed by atoms with Crippen LogP contribution in [0.4, 0.5) is 0 Å². The summed E-state index contributed by atoms with van der Waals surface area (Å²) in [6, 6.07) is 10.9. The maximum absolute atomic E-state index is 5.96. The van der Waals surface area contributed by atoms with Gasteiger partial charge in [-0.05, 0) is 25.8 Å². The second kappa shape index (κ2) is 9.50. The van der Waals surface area contributed by atoms with Crippen LogP contribution in [-0.4, -0.2) is 34.5 Å². The third-order valence-corrected chi connectivity index (χ3v) is 5.80. The van der Waals surface area contributed by atoms with Crippen LogP contribution < -0.4 is 0 Å². The van der Waals surface area contributed by atoms with Crippen LogP contribution in [0.5, 0.6) is 0 Å². The quantitative estimate of drug-likeness (QED) is 0.376. The maximum Gasteiger partial charge on any atom is 0.505 e. The van der Waals surface area contributed by atoms with Gasteiger partial charge in [0.05, 0.1) is 0 Å². The number of rotatable bonds is 10. The maximum atomic E-state index is 5.96. The minimum Gasteiger partial charge on any atom is -0.374 e. The van der Waals surface area contributed by atoms with E-state index in [1.165, 1.54) is 5.56 Å². The van der Waals surface area contributed by atoms with Crippen molar-refractivity contribution >= 4 is 20.4 Å². The molecule has 108 valence electrons. The molecule has 0 aliphatic rings. The van der Waals surface area contributed by atoms with Crippen molar-refractivity contribution in [3.05, 3.63) is 35.9 Å². The number of halogens is 1. The molecule has 19 heavy (non-hydrogen) atoms. The zero-order valence-electron chi connectivity index (χ0n) is 11.7. The van der Waals surface area contributed by atoms with Crippen LogP contribution in [0.15, 0.2) is 30.3 Å². The lowest BCUT2D eigenvalue weighted by Crippen LogP contribution is -2.49. The van der Waals surface area contributed by atoms with Gasteiger partial charge in [-0.1, -0.05) is 30.3 Å². The summed E-state index contributed by atoms with van der Waals surface area (Å²) in [7, 11) is -2.63. The molecule has 0 aliphatic carbocycles. The van der Waals surface area contributed by atoms with E-state index in [1.54, 1.807) is 0 Å². The molecule has 0 aliphatic heterocycles. The van der Waals surface area contributed by atoms with Gasteiger partial charge in [-0.3, -0.25) is 0 Å². The summed E-state index contributed by atoms with van der Waals surface area (Å²) in [4.78, 5) is 0. The van der Waals surface area contributed by atoms with Crippen molar-refractivity contribution in [2.45, 2.75) is 26.3 Å². The Morgan fingerprint density at radius 2 is 1.63 bits per heavy atom. The molecule has 1 aromatic rings. The fourth-order valence-corrected chi connectivity index (χ4v) is 4.58. The Labute approximate surface area is 122 Å². The molecule has 0 heterocycles. The highest BCUT2D eigenvalue weighted by Gasteiger charge is 2.40. The predicted molar refractivity (Wildman–Crippen MR) is 80.4 cm³/mol. The van der Waals surface area contributed by atoms with Crippen LogP contribution in [0.25, 0.3) is 0 Å². The molecule has 0 aromatic heterocycles. The lowest BCUT2D eigenvalue weighted by atomic mass is 10.2. The van der Waals surface area contributed by atoms with Crippen LogP contribution in [-0.2, 0) is 19.3 Å². The van der Waals surface area contributed by atoms with E-state index in [-0.39, 0.29) is 0 Å². The van der Waals surface area contributed by atoms with Crippen LogP contribution in [0.3, 0.4) is 0 Å². The molecular weight excluding hydrogens is 280 g/mol. The third kappa shape index (κ3) is 6.06. The third-order valence-electron chi connectivity index (χ3n) is 2.59. The summed E-state index contributed by atoms with van der Waals surface area (Å²) in [6.07, 6.45) is 0.811. The molecule has 0 bridgehead atoms. The standard InChI is InChI=1S/C14H23ClO3Si/c1-3-16-19(17-4-2,18-12-8-11-15)13-14-9-6-5-7-10-14/h5-7,9-10H,3-4,8,11-13H2,1-2H3. The topological polar surface area (TPSA) is 27.7 Å². The highest BCUT2D eigenvalue weighted by Crippen LogP contribution is 2.17. The molecule has 0 radical (unpaired) electrons. The lowest BCUT2D eigenvalue weighted by molar-refractivity contribution is 0.0664. The molecule has 0 fully saturated rings. The zero-order chi connectivity index (χ0) is 14.0. The first-order valence-corrected chi connectivity index (χ1v) is 9.24. The van der Waals surface area contributed by atoms with Gasteiger partial charge < -0.3 is 13.3 Å². The first-order chi connectivity index (χ1) is 9.26. The van der Waals surface area contributed by atoms with Gasteiger partial charge in [0.15, 0.2) is 0 Å². The molecular formula is C14H23ClO3Si. The molecule has 0 amide bonds. The summed E-state index contributed by atoms with van der Waals surface area (Å²) in [5.74, 6) is 0.591. The SMILES string of the molecule is CCO[Si](Cc1ccccc1)(OCC)OCCCCl. The normalized spacial score (nSPS) is 11.7. The van der Waals surface area contributed by atoms with Gasteiger partial charge in [-0.15, -0.1) is 11.6 Å². The van der Waals surface area contributed by atoms with Crippen molar-refractivity contribution < 1.29 is 13.3 Å². The Balaban J connectivity index is 2.75. The fourth-order valence-electron chi connectivity index (χ4n) is 1.85. The van der Waals surface area contributed by atoms with Crippen molar-refractivity contribution in [2.75, 3.05) is 25.7 Å². The van der Waals surface area contributed by atoms with Crippen molar-refractivity contribution in [3.63, 3.8) is 0 Å². The van der Waals surface area contributed by atoms with Crippen LogP contribution in [0.1, 0.15) is 25.8 Å². The number of benzene rings is 1. The second-order valence-electron chi connectivity index (χ2n) is 4.10. The minimum atomic E-state index is -2.63. The van der Waals surface area contributed by atoms with Crippen molar-refractivity contribution in [2.24, 2.45) is 0 Å². The van der Waals surface area contributed by atoms with Gasteiger partial charge in [-0.25, -0.2) is 0 Å². The van der Waals surface area contributed by atoms with Gasteiger partial charge >= 0.3 is 8.80 Å². The molecule has 0 N–H and O–H groups in total. The van der Waals surface area contributed by atoms with Crippen LogP contribution >= 0.6 is 11.6 Å². The van der Waals surface area contributed by atoms with Crippen LogP contribution in [0.2, 0.25) is 0 Å². The molecule has 0 saturated carbocycles. The summed E-state index contributed by atoms with van der Waals surface area (Å²) < 4.78 is 17.7. The van der Waals surface area contributed by atoms with Gasteiger partial charge in [0, 0.05) is 31.7 Å². The van der Waals surface area contributed by atoms with Crippen molar-refractivity contribution in [1.29, 1.82) is 0 Å². The van der Waals surface area contributed by atoms with E-state index in [9.17, 15) is 0 Å². The fraction of sp³-hybridized carbons (Fsp3) is 0.571. The van der Waals surface area contributed by atoms with Crippen molar-refractivity contribution in [1.82, 2.24) is 0 Å². The largest absolute Gasteiger partial charge is 0.505 e. The Hall–Kier alpha value is -0.393. The van der Waals surface area contributed by atoms with E-state index >= 15 is 0 Å². The van der Waals surface area contributed by atoms with E-state index in [2.05, 4.69) is 12.1 Å². The van der Waals surface area contributed by atoms with Crippen LogP contribution in [0, 0.1) is 0 Å². The average molecular weight is 303 g/mol. The first-order valence-electron chi connectivity index (χ1n) is 6.78. The summed E-state index contributed by atoms with van der Waals surface area (Å²) >= 11 is 5.70. The average Bonchev–Trinajstić information content (AvgIpc) is 2.41. The molecule has 0 saturated heterocycles. The van der Waals surface area contributed by atoms with E-state index in [0.717, 1.165) is 6.42 Å².